The fraction of sp³-hybridized carbons (Fsp3) is 0.429. The number of ether oxygens (including phenoxy) is 2. The number of rotatable bonds is 6. The first-order valence-corrected chi connectivity index (χ1v) is 14.7. The summed E-state index contributed by atoms with van der Waals surface area (Å²) >= 11 is 0. The number of hydrogen-bond acceptors (Lipinski definition) is 5. The molecule has 0 spiro atoms. The van der Waals surface area contributed by atoms with Crippen molar-refractivity contribution in [2.45, 2.75) is 97.2 Å². The van der Waals surface area contributed by atoms with Crippen LogP contribution in [-0.4, -0.2) is 34.4 Å². The Morgan fingerprint density at radius 2 is 1.30 bits per heavy atom. The zero-order valence-corrected chi connectivity index (χ0v) is 26.5. The molecule has 1 radical (unpaired) electrons. The molecule has 1 saturated heterocycles. The Bertz CT molecular complexity index is 1420. The normalized spacial score (nSPS) is 16.8. The topological polar surface area (TPSA) is 99.8 Å². The first kappa shape index (κ1) is 32.0. The molecule has 8 heteroatoms. The van der Waals surface area contributed by atoms with Gasteiger partial charge in [-0.3, -0.25) is 10.6 Å². The predicted molar refractivity (Wildman–Crippen MR) is 169 cm³/mol. The second kappa shape index (κ2) is 12.4. The van der Waals surface area contributed by atoms with Gasteiger partial charge in [0.15, 0.2) is 0 Å². The van der Waals surface area contributed by atoms with E-state index in [1.54, 1.807) is 0 Å². The Kier molecular flexibility index (Phi) is 9.23. The number of anilines is 2. The van der Waals surface area contributed by atoms with E-state index in [2.05, 4.69) is 31.4 Å². The number of carbonyl (C=O) groups is 2. The summed E-state index contributed by atoms with van der Waals surface area (Å²) in [4.78, 5) is 25.2. The van der Waals surface area contributed by atoms with Crippen molar-refractivity contribution in [3.63, 3.8) is 0 Å². The average Bonchev–Trinajstić information content (AvgIpc) is 2.89. The largest absolute Gasteiger partial charge is 0.446 e. The lowest BCUT2D eigenvalue weighted by molar-refractivity contribution is -0.297. The molecule has 0 aliphatic carbocycles. The van der Waals surface area contributed by atoms with Crippen LogP contribution in [0.5, 0.6) is 5.75 Å². The molecular weight excluding hydrogens is 542 g/mol. The van der Waals surface area contributed by atoms with Crippen LogP contribution in [0, 0.1) is 6.92 Å². The second-order valence-corrected chi connectivity index (χ2v) is 13.8. The quantitative estimate of drug-likeness (QED) is 0.302. The highest BCUT2D eigenvalue weighted by atomic mass is 16.6. The van der Waals surface area contributed by atoms with Crippen LogP contribution in [-0.2, 0) is 21.8 Å². The van der Waals surface area contributed by atoms with Gasteiger partial charge in [-0.25, -0.2) is 9.59 Å². The molecule has 2 amide bonds. The van der Waals surface area contributed by atoms with E-state index >= 15 is 0 Å². The zero-order valence-electron chi connectivity index (χ0n) is 26.5. The van der Waals surface area contributed by atoms with E-state index in [9.17, 15) is 14.8 Å². The van der Waals surface area contributed by atoms with Crippen molar-refractivity contribution >= 4 is 23.6 Å². The Hall–Kier alpha value is -3.88. The summed E-state index contributed by atoms with van der Waals surface area (Å²) in [6.07, 6.45) is 0.247. The van der Waals surface area contributed by atoms with E-state index in [0.717, 1.165) is 27.3 Å². The van der Waals surface area contributed by atoms with Gasteiger partial charge in [-0.2, -0.15) is 0 Å². The lowest BCUT2D eigenvalue weighted by atomic mass is 9.80. The van der Waals surface area contributed by atoms with Gasteiger partial charge < -0.3 is 9.47 Å². The van der Waals surface area contributed by atoms with E-state index in [4.69, 9.17) is 9.47 Å². The highest BCUT2D eigenvalue weighted by Gasteiger charge is 2.47. The van der Waals surface area contributed by atoms with Gasteiger partial charge in [0.25, 0.3) is 0 Å². The summed E-state index contributed by atoms with van der Waals surface area (Å²) in [6.45, 7) is 15.8. The monoisotopic (exact) mass is 586 g/mol. The second-order valence-electron chi connectivity index (χ2n) is 13.8. The molecule has 43 heavy (non-hydrogen) atoms. The maximum Gasteiger partial charge on any atom is 0.417 e. The minimum atomic E-state index is -0.608. The molecule has 1 aliphatic heterocycles. The van der Waals surface area contributed by atoms with E-state index in [-0.39, 0.29) is 11.5 Å². The summed E-state index contributed by atoms with van der Waals surface area (Å²) < 4.78 is 11.3. The third-order valence-electron chi connectivity index (χ3n) is 7.78. The maximum atomic E-state index is 12.6. The van der Waals surface area contributed by atoms with Gasteiger partial charge in [0.05, 0.1) is 0 Å². The predicted octanol–water partition coefficient (Wildman–Crippen LogP) is 8.41. The Morgan fingerprint density at radius 1 is 0.814 bits per heavy atom. The van der Waals surface area contributed by atoms with E-state index in [1.165, 1.54) is 0 Å². The van der Waals surface area contributed by atoms with Crippen LogP contribution in [0.3, 0.4) is 0 Å². The zero-order chi connectivity index (χ0) is 31.6. The van der Waals surface area contributed by atoms with Crippen LogP contribution in [0.2, 0.25) is 0 Å². The van der Waals surface area contributed by atoms with E-state index in [1.807, 2.05) is 101 Å². The van der Waals surface area contributed by atoms with Gasteiger partial charge in [-0.05, 0) is 87.9 Å². The fourth-order valence-corrected chi connectivity index (χ4v) is 5.76. The highest BCUT2D eigenvalue weighted by Crippen LogP contribution is 2.38. The number of hydrogen-bond donors (Lipinski definition) is 2. The minimum Gasteiger partial charge on any atom is -0.446 e. The Morgan fingerprint density at radius 3 is 1.79 bits per heavy atom. The number of piperidine rings is 1. The average molecular weight is 587 g/mol. The molecule has 1 heterocycles. The molecule has 4 rings (SSSR count). The van der Waals surface area contributed by atoms with E-state index < -0.39 is 23.3 Å². The van der Waals surface area contributed by atoms with Crippen molar-refractivity contribution < 1.29 is 24.3 Å². The molecule has 2 N–H and O–H groups in total. The van der Waals surface area contributed by atoms with Crippen molar-refractivity contribution in [3.8, 4) is 5.75 Å². The van der Waals surface area contributed by atoms with Gasteiger partial charge >= 0.3 is 12.2 Å². The summed E-state index contributed by atoms with van der Waals surface area (Å²) in [5, 5.41) is 19.3. The summed E-state index contributed by atoms with van der Waals surface area (Å²) in [5.74, 6) is 0.552. The maximum absolute atomic E-state index is 12.6. The first-order chi connectivity index (χ1) is 20.0. The van der Waals surface area contributed by atoms with Crippen molar-refractivity contribution in [1.29, 1.82) is 0 Å². The lowest BCUT2D eigenvalue weighted by Gasteiger charge is -2.49. The van der Waals surface area contributed by atoms with Crippen LogP contribution < -0.4 is 15.4 Å². The van der Waals surface area contributed by atoms with Crippen molar-refractivity contribution in [2.75, 3.05) is 10.6 Å². The number of hydroxylamine groups is 2. The minimum absolute atomic E-state index is 0.160. The first-order valence-electron chi connectivity index (χ1n) is 14.7. The van der Waals surface area contributed by atoms with Crippen LogP contribution in [0.15, 0.2) is 66.7 Å². The molecule has 1 aliphatic rings. The number of benzene rings is 3. The third kappa shape index (κ3) is 8.36. The van der Waals surface area contributed by atoms with Crippen molar-refractivity contribution in [2.24, 2.45) is 0 Å². The van der Waals surface area contributed by atoms with Gasteiger partial charge in [-0.1, -0.05) is 62.7 Å². The van der Waals surface area contributed by atoms with Crippen LogP contribution >= 0.6 is 0 Å². The number of nitrogens with one attached hydrogen (secondary N) is 2. The van der Waals surface area contributed by atoms with Gasteiger partial charge in [0.1, 0.15) is 11.9 Å². The SMILES string of the molecule is Cc1ccc(OC(=O)Nc2ccc(Cc3ccc(NC(=O)OC4CC(C)(C)N([O])C(C)(C)C4)cc3)cc2)c(C(C)(C)C)c1. The number of nitrogens with zero attached hydrogens (tertiary/aromatic N) is 1. The molecule has 0 bridgehead atoms. The smallest absolute Gasteiger partial charge is 0.417 e. The van der Waals surface area contributed by atoms with Crippen molar-refractivity contribution in [1.82, 2.24) is 5.06 Å². The number of carbonyl (C=O) groups excluding carboxylic acids is 2. The molecule has 0 aromatic heterocycles. The molecule has 3 aromatic rings. The third-order valence-corrected chi connectivity index (χ3v) is 7.78. The van der Waals surface area contributed by atoms with E-state index in [0.29, 0.717) is 36.4 Å². The molecule has 0 saturated carbocycles. The lowest BCUT2D eigenvalue weighted by Crippen LogP contribution is -2.60. The number of aryl methyl sites for hydroxylation is 1. The van der Waals surface area contributed by atoms with Gasteiger partial charge in [-0.15, -0.1) is 10.3 Å². The molecule has 1 fully saturated rings. The van der Waals surface area contributed by atoms with Crippen LogP contribution in [0.25, 0.3) is 0 Å². The molecular formula is C35H44N3O5. The summed E-state index contributed by atoms with van der Waals surface area (Å²) in [6, 6.07) is 21.0. The van der Waals surface area contributed by atoms with Gasteiger partial charge in [0.2, 0.25) is 0 Å². The van der Waals surface area contributed by atoms with Crippen LogP contribution in [0.1, 0.15) is 83.6 Å². The molecule has 0 unspecified atom stereocenters. The van der Waals surface area contributed by atoms with Crippen molar-refractivity contribution in [3.05, 3.63) is 89.0 Å². The summed E-state index contributed by atoms with van der Waals surface area (Å²) in [7, 11) is 0. The molecule has 3 aromatic carbocycles. The van der Waals surface area contributed by atoms with Gasteiger partial charge in [0, 0.05) is 40.9 Å². The Labute approximate surface area is 255 Å². The molecule has 0 atom stereocenters. The highest BCUT2D eigenvalue weighted by molar-refractivity contribution is 5.86. The molecule has 229 valence electrons. The number of amides is 2. The molecule has 8 nitrogen and oxygen atoms in total. The summed E-state index contributed by atoms with van der Waals surface area (Å²) in [5.41, 5.74) is 4.13. The van der Waals surface area contributed by atoms with Crippen LogP contribution in [0.4, 0.5) is 21.0 Å². The Balaban J connectivity index is 1.28. The standard InChI is InChI=1S/C35H44N3O5/c1-23-9-18-30(29(19-23)33(2,3)4)43-32(40)37-27-16-12-25(13-17-27)20-24-10-14-26(15-11-24)36-31(39)42-28-21-34(5,6)38(41)35(7,8)22-28/h9-19,28H,20-22H2,1-8H3,(H,36,39)(H,37,40). The fourth-order valence-electron chi connectivity index (χ4n) is 5.76.